The van der Waals surface area contributed by atoms with Crippen LogP contribution < -0.4 is 5.32 Å². The standard InChI is InChI=1S/C23H18N2O/c1-2-23(26)24-15-16-10-12-17(13-11-16)19-7-5-9-22-20(19)14-18-6-3-4-8-21(18)25-22/h2-14H,1,15H2,(H,24,26). The minimum absolute atomic E-state index is 0.166. The number of pyridine rings is 1. The van der Waals surface area contributed by atoms with Gasteiger partial charge >= 0.3 is 0 Å². The molecule has 0 unspecified atom stereocenters. The van der Waals surface area contributed by atoms with E-state index in [0.717, 1.165) is 38.5 Å². The van der Waals surface area contributed by atoms with Crippen LogP contribution >= 0.6 is 0 Å². The van der Waals surface area contributed by atoms with Crippen LogP contribution in [-0.2, 0) is 11.3 Å². The Morgan fingerprint density at radius 1 is 0.962 bits per heavy atom. The second kappa shape index (κ2) is 6.81. The molecule has 3 nitrogen and oxygen atoms in total. The molecule has 0 fully saturated rings. The lowest BCUT2D eigenvalue weighted by Crippen LogP contribution is -2.19. The van der Waals surface area contributed by atoms with Gasteiger partial charge in [-0.25, -0.2) is 4.98 Å². The van der Waals surface area contributed by atoms with Gasteiger partial charge in [0.1, 0.15) is 0 Å². The second-order valence-corrected chi connectivity index (χ2v) is 6.17. The van der Waals surface area contributed by atoms with Crippen molar-refractivity contribution in [2.45, 2.75) is 6.54 Å². The molecular weight excluding hydrogens is 320 g/mol. The summed E-state index contributed by atoms with van der Waals surface area (Å²) in [6.07, 6.45) is 1.28. The SMILES string of the molecule is C=CC(=O)NCc1ccc(-c2cccc3nc4ccccc4cc23)cc1. The number of fused-ring (bicyclic) bond motifs is 2. The molecule has 0 saturated heterocycles. The normalized spacial score (nSPS) is 10.8. The first-order chi connectivity index (χ1) is 12.7. The van der Waals surface area contributed by atoms with Crippen molar-refractivity contribution in [1.29, 1.82) is 0 Å². The van der Waals surface area contributed by atoms with Crippen LogP contribution in [0.5, 0.6) is 0 Å². The second-order valence-electron chi connectivity index (χ2n) is 6.17. The number of amides is 1. The van der Waals surface area contributed by atoms with Gasteiger partial charge in [-0.2, -0.15) is 0 Å². The molecule has 0 saturated carbocycles. The molecule has 4 aromatic rings. The molecule has 3 heteroatoms. The third-order valence-electron chi connectivity index (χ3n) is 4.48. The Balaban J connectivity index is 1.73. The highest BCUT2D eigenvalue weighted by Crippen LogP contribution is 2.30. The number of carbonyl (C=O) groups excluding carboxylic acids is 1. The molecule has 1 N–H and O–H groups in total. The Morgan fingerprint density at radius 3 is 2.54 bits per heavy atom. The van der Waals surface area contributed by atoms with Crippen molar-refractivity contribution in [2.75, 3.05) is 0 Å². The van der Waals surface area contributed by atoms with Crippen LogP contribution in [0.15, 0.2) is 85.5 Å². The Kier molecular flexibility index (Phi) is 4.20. The zero-order valence-corrected chi connectivity index (χ0v) is 14.3. The van der Waals surface area contributed by atoms with Crippen molar-refractivity contribution in [3.05, 3.63) is 91.0 Å². The lowest BCUT2D eigenvalue weighted by Gasteiger charge is -2.09. The Hall–Kier alpha value is -3.46. The summed E-state index contributed by atoms with van der Waals surface area (Å²) in [6.45, 7) is 3.95. The van der Waals surface area contributed by atoms with E-state index in [1.807, 2.05) is 42.5 Å². The summed E-state index contributed by atoms with van der Waals surface area (Å²) in [4.78, 5) is 16.1. The van der Waals surface area contributed by atoms with Gasteiger partial charge in [0, 0.05) is 17.3 Å². The summed E-state index contributed by atoms with van der Waals surface area (Å²) in [5.74, 6) is -0.166. The van der Waals surface area contributed by atoms with Crippen LogP contribution in [0.4, 0.5) is 0 Å². The minimum Gasteiger partial charge on any atom is -0.348 e. The van der Waals surface area contributed by atoms with Gasteiger partial charge in [0.05, 0.1) is 11.0 Å². The molecule has 0 bridgehead atoms. The molecule has 1 amide bonds. The quantitative estimate of drug-likeness (QED) is 0.427. The smallest absolute Gasteiger partial charge is 0.243 e. The number of aromatic nitrogens is 1. The van der Waals surface area contributed by atoms with Gasteiger partial charge in [0.2, 0.25) is 5.91 Å². The Bertz CT molecular complexity index is 1110. The molecule has 0 spiro atoms. The van der Waals surface area contributed by atoms with Gasteiger partial charge in [0.15, 0.2) is 0 Å². The molecule has 1 aromatic heterocycles. The van der Waals surface area contributed by atoms with Crippen LogP contribution in [0.2, 0.25) is 0 Å². The third kappa shape index (κ3) is 3.07. The summed E-state index contributed by atoms with van der Waals surface area (Å²) in [5.41, 5.74) is 5.33. The van der Waals surface area contributed by atoms with Crippen LogP contribution in [0.1, 0.15) is 5.56 Å². The zero-order valence-electron chi connectivity index (χ0n) is 14.3. The van der Waals surface area contributed by atoms with E-state index >= 15 is 0 Å². The molecule has 0 radical (unpaired) electrons. The summed E-state index contributed by atoms with van der Waals surface area (Å²) in [7, 11) is 0. The van der Waals surface area contributed by atoms with Crippen molar-refractivity contribution >= 4 is 27.7 Å². The van der Waals surface area contributed by atoms with Gasteiger partial charge in [-0.05, 0) is 41.0 Å². The Labute approximate surface area is 152 Å². The molecule has 0 aliphatic heterocycles. The highest BCUT2D eigenvalue weighted by molar-refractivity contribution is 6.01. The van der Waals surface area contributed by atoms with Crippen LogP contribution in [0.25, 0.3) is 32.9 Å². The Morgan fingerprint density at radius 2 is 1.73 bits per heavy atom. The largest absolute Gasteiger partial charge is 0.348 e. The van der Waals surface area contributed by atoms with Gasteiger partial charge in [-0.3, -0.25) is 4.79 Å². The number of carbonyl (C=O) groups is 1. The summed E-state index contributed by atoms with van der Waals surface area (Å²) in [6, 6.07) is 24.8. The molecule has 1 heterocycles. The summed E-state index contributed by atoms with van der Waals surface area (Å²) >= 11 is 0. The molecule has 0 atom stereocenters. The first kappa shape index (κ1) is 16.0. The molecule has 3 aromatic carbocycles. The number of nitrogens with zero attached hydrogens (tertiary/aromatic N) is 1. The predicted octanol–water partition coefficient (Wildman–Crippen LogP) is 4.86. The number of nitrogens with one attached hydrogen (secondary N) is 1. The molecule has 0 aliphatic carbocycles. The fourth-order valence-electron chi connectivity index (χ4n) is 3.11. The van der Waals surface area contributed by atoms with Gasteiger partial charge < -0.3 is 5.32 Å². The van der Waals surface area contributed by atoms with Gasteiger partial charge in [0.25, 0.3) is 0 Å². The fraction of sp³-hybridized carbons (Fsp3) is 0.0435. The zero-order chi connectivity index (χ0) is 17.9. The van der Waals surface area contributed by atoms with E-state index in [2.05, 4.69) is 42.2 Å². The molecule has 26 heavy (non-hydrogen) atoms. The number of benzene rings is 3. The lowest BCUT2D eigenvalue weighted by atomic mass is 9.98. The monoisotopic (exact) mass is 338 g/mol. The lowest BCUT2D eigenvalue weighted by molar-refractivity contribution is -0.116. The topological polar surface area (TPSA) is 42.0 Å². The average Bonchev–Trinajstić information content (AvgIpc) is 2.70. The first-order valence-corrected chi connectivity index (χ1v) is 8.53. The van der Waals surface area contributed by atoms with E-state index in [0.29, 0.717) is 6.54 Å². The predicted molar refractivity (Wildman–Crippen MR) is 107 cm³/mol. The van der Waals surface area contributed by atoms with E-state index < -0.39 is 0 Å². The summed E-state index contributed by atoms with van der Waals surface area (Å²) in [5, 5.41) is 5.06. The van der Waals surface area contributed by atoms with E-state index in [1.54, 1.807) is 0 Å². The van der Waals surface area contributed by atoms with Crippen LogP contribution in [-0.4, -0.2) is 10.9 Å². The van der Waals surface area contributed by atoms with Crippen molar-refractivity contribution in [3.8, 4) is 11.1 Å². The molecule has 4 rings (SSSR count). The third-order valence-corrected chi connectivity index (χ3v) is 4.48. The fourth-order valence-corrected chi connectivity index (χ4v) is 3.11. The van der Waals surface area contributed by atoms with E-state index in [4.69, 9.17) is 4.98 Å². The van der Waals surface area contributed by atoms with Crippen LogP contribution in [0.3, 0.4) is 0 Å². The van der Waals surface area contributed by atoms with Gasteiger partial charge in [-0.15, -0.1) is 0 Å². The van der Waals surface area contributed by atoms with E-state index in [1.165, 1.54) is 6.08 Å². The molecule has 126 valence electrons. The maximum absolute atomic E-state index is 11.3. The van der Waals surface area contributed by atoms with Crippen molar-refractivity contribution < 1.29 is 4.79 Å². The van der Waals surface area contributed by atoms with Crippen molar-refractivity contribution in [3.63, 3.8) is 0 Å². The van der Waals surface area contributed by atoms with E-state index in [9.17, 15) is 4.79 Å². The minimum atomic E-state index is -0.166. The van der Waals surface area contributed by atoms with Crippen LogP contribution in [0, 0.1) is 0 Å². The number of hydrogen-bond donors (Lipinski definition) is 1. The number of hydrogen-bond acceptors (Lipinski definition) is 2. The van der Waals surface area contributed by atoms with E-state index in [-0.39, 0.29) is 5.91 Å². The van der Waals surface area contributed by atoms with Gasteiger partial charge in [-0.1, -0.05) is 61.2 Å². The van der Waals surface area contributed by atoms with Crippen molar-refractivity contribution in [1.82, 2.24) is 10.3 Å². The number of rotatable bonds is 4. The first-order valence-electron chi connectivity index (χ1n) is 8.53. The van der Waals surface area contributed by atoms with Crippen molar-refractivity contribution in [2.24, 2.45) is 0 Å². The highest BCUT2D eigenvalue weighted by Gasteiger charge is 2.07. The number of para-hydroxylation sites is 1. The maximum Gasteiger partial charge on any atom is 0.243 e. The molecular formula is C23H18N2O. The molecule has 0 aliphatic rings. The average molecular weight is 338 g/mol. The maximum atomic E-state index is 11.3. The highest BCUT2D eigenvalue weighted by atomic mass is 16.1. The summed E-state index contributed by atoms with van der Waals surface area (Å²) < 4.78 is 0.